The van der Waals surface area contributed by atoms with E-state index in [0.29, 0.717) is 45.1 Å². The molecule has 1 aliphatic heterocycles. The Balaban J connectivity index is 1.41. The number of halogens is 2. The zero-order chi connectivity index (χ0) is 23.5. The van der Waals surface area contributed by atoms with Gasteiger partial charge in [-0.3, -0.25) is 4.79 Å². The number of nitrogens with one attached hydrogen (secondary N) is 1. The average molecular weight is 489 g/mol. The summed E-state index contributed by atoms with van der Waals surface area (Å²) in [5, 5.41) is 12.4. The van der Waals surface area contributed by atoms with Gasteiger partial charge < -0.3 is 19.6 Å². The first-order valence-electron chi connectivity index (χ1n) is 10.2. The van der Waals surface area contributed by atoms with Gasteiger partial charge in [-0.15, -0.1) is 0 Å². The van der Waals surface area contributed by atoms with Gasteiger partial charge in [0.25, 0.3) is 5.91 Å². The number of hydrogen-bond donors (Lipinski definition) is 1. The highest BCUT2D eigenvalue weighted by Gasteiger charge is 2.31. The van der Waals surface area contributed by atoms with Crippen molar-refractivity contribution < 1.29 is 19.1 Å². The predicted molar refractivity (Wildman–Crippen MR) is 126 cm³/mol. The minimum absolute atomic E-state index is 0.116. The maximum atomic E-state index is 12.9. The van der Waals surface area contributed by atoms with Crippen molar-refractivity contribution >= 4 is 40.5 Å². The summed E-state index contributed by atoms with van der Waals surface area (Å²) < 4.78 is 12.8. The van der Waals surface area contributed by atoms with Crippen molar-refractivity contribution in [1.29, 1.82) is 0 Å². The summed E-state index contributed by atoms with van der Waals surface area (Å²) in [5.41, 5.74) is 3.43. The number of carbonyl (C=O) groups excluding carboxylic acids is 1. The molecule has 33 heavy (non-hydrogen) atoms. The lowest BCUT2D eigenvalue weighted by Crippen LogP contribution is -2.28. The molecule has 0 radical (unpaired) electrons. The Morgan fingerprint density at radius 1 is 1.21 bits per heavy atom. The number of benzene rings is 2. The largest absolute Gasteiger partial charge is 0.496 e. The number of methoxy groups -OCH3 is 1. The van der Waals surface area contributed by atoms with E-state index in [1.165, 1.54) is 0 Å². The smallest absolute Gasteiger partial charge is 0.268 e. The average Bonchev–Trinajstić information content (AvgIpc) is 3.39. The van der Waals surface area contributed by atoms with Gasteiger partial charge in [0, 0.05) is 17.0 Å². The first kappa shape index (κ1) is 22.9. The van der Waals surface area contributed by atoms with Crippen LogP contribution in [0.2, 0.25) is 10.0 Å². The molecule has 0 saturated heterocycles. The summed E-state index contributed by atoms with van der Waals surface area (Å²) >= 11 is 12.1. The fourth-order valence-corrected chi connectivity index (χ4v) is 3.95. The zero-order valence-electron chi connectivity index (χ0n) is 18.3. The highest BCUT2D eigenvalue weighted by Crippen LogP contribution is 2.29. The van der Waals surface area contributed by atoms with Crippen LogP contribution in [0, 0.1) is 13.8 Å². The Morgan fingerprint density at radius 3 is 2.76 bits per heavy atom. The Labute approximate surface area is 201 Å². The highest BCUT2D eigenvalue weighted by atomic mass is 35.5. The number of aryl methyl sites for hydroxylation is 1. The molecule has 1 unspecified atom stereocenters. The zero-order valence-corrected chi connectivity index (χ0v) is 19.8. The highest BCUT2D eigenvalue weighted by molar-refractivity contribution is 6.35. The van der Waals surface area contributed by atoms with Crippen LogP contribution in [0.25, 0.3) is 0 Å². The Morgan fingerprint density at radius 2 is 2.00 bits per heavy atom. The van der Waals surface area contributed by atoms with Crippen molar-refractivity contribution in [1.82, 2.24) is 9.78 Å². The molecule has 1 atom stereocenters. The third-order valence-corrected chi connectivity index (χ3v) is 5.78. The molecule has 1 aliphatic rings. The molecule has 2 aromatic carbocycles. The second-order valence-electron chi connectivity index (χ2n) is 7.42. The summed E-state index contributed by atoms with van der Waals surface area (Å²) in [5.74, 6) is 0.852. The number of anilines is 1. The fourth-order valence-electron chi connectivity index (χ4n) is 3.49. The van der Waals surface area contributed by atoms with E-state index in [2.05, 4.69) is 15.6 Å². The summed E-state index contributed by atoms with van der Waals surface area (Å²) in [6.45, 7) is 3.76. The van der Waals surface area contributed by atoms with Gasteiger partial charge in [-0.2, -0.15) is 5.10 Å². The van der Waals surface area contributed by atoms with Crippen LogP contribution in [-0.2, 0) is 16.4 Å². The quantitative estimate of drug-likeness (QED) is 0.506. The normalized spacial score (nSPS) is 15.1. The van der Waals surface area contributed by atoms with Gasteiger partial charge in [0.1, 0.15) is 11.5 Å². The molecule has 172 valence electrons. The van der Waals surface area contributed by atoms with E-state index in [-0.39, 0.29) is 12.6 Å². The molecule has 0 saturated carbocycles. The van der Waals surface area contributed by atoms with Crippen molar-refractivity contribution in [3.63, 3.8) is 0 Å². The Kier molecular flexibility index (Phi) is 6.76. The van der Waals surface area contributed by atoms with E-state index in [1.807, 2.05) is 31.2 Å². The summed E-state index contributed by atoms with van der Waals surface area (Å²) in [7, 11) is 1.59. The topological polar surface area (TPSA) is 87.0 Å². The lowest BCUT2D eigenvalue weighted by Gasteiger charge is -2.11. The number of rotatable bonds is 7. The predicted octanol–water partition coefficient (Wildman–Crippen LogP) is 4.98. The van der Waals surface area contributed by atoms with Gasteiger partial charge in [0.15, 0.2) is 6.73 Å². The fraction of sp³-hybridized carbons (Fsp3) is 0.261. The summed E-state index contributed by atoms with van der Waals surface area (Å²) in [6, 6.07) is 12.5. The van der Waals surface area contributed by atoms with Gasteiger partial charge >= 0.3 is 0 Å². The molecular formula is C23H22Cl2N4O4. The first-order valence-corrected chi connectivity index (χ1v) is 10.9. The standard InChI is InChI=1S/C23H22Cl2N4O4/c1-13-22(14(2)29(27-13)12-32-20-9-8-15(24)10-17(20)25)26-23(30)21-11-18(28-33-21)16-6-4-5-7-19(16)31-3/h4-10,21H,11-12H2,1-3H3,(H,26,30). The van der Waals surface area contributed by atoms with Gasteiger partial charge in [-0.25, -0.2) is 4.68 Å². The van der Waals surface area contributed by atoms with Crippen molar-refractivity contribution in [3.8, 4) is 11.5 Å². The van der Waals surface area contributed by atoms with Crippen molar-refractivity contribution in [3.05, 3.63) is 69.5 Å². The SMILES string of the molecule is COc1ccccc1C1=NOC(C(=O)Nc2c(C)nn(COc3ccc(Cl)cc3Cl)c2C)C1. The van der Waals surface area contributed by atoms with Crippen LogP contribution in [0.15, 0.2) is 47.6 Å². The third-order valence-electron chi connectivity index (χ3n) is 5.25. The molecule has 10 heteroatoms. The number of amides is 1. The first-order chi connectivity index (χ1) is 15.9. The van der Waals surface area contributed by atoms with Crippen molar-refractivity contribution in [2.45, 2.75) is 33.1 Å². The van der Waals surface area contributed by atoms with Gasteiger partial charge in [0.05, 0.1) is 34.9 Å². The number of nitrogens with zero attached hydrogens (tertiary/aromatic N) is 3. The maximum absolute atomic E-state index is 12.9. The lowest BCUT2D eigenvalue weighted by molar-refractivity contribution is -0.125. The Hall–Kier alpha value is -3.23. The Bertz CT molecular complexity index is 1230. The monoisotopic (exact) mass is 488 g/mol. The molecule has 0 aliphatic carbocycles. The van der Waals surface area contributed by atoms with Gasteiger partial charge in [-0.05, 0) is 44.2 Å². The second-order valence-corrected chi connectivity index (χ2v) is 8.26. The van der Waals surface area contributed by atoms with Crippen molar-refractivity contribution in [2.24, 2.45) is 5.16 Å². The van der Waals surface area contributed by atoms with E-state index >= 15 is 0 Å². The third kappa shape index (κ3) is 4.91. The van der Waals surface area contributed by atoms with Crippen LogP contribution in [0.1, 0.15) is 23.4 Å². The van der Waals surface area contributed by atoms with E-state index in [9.17, 15) is 4.79 Å². The van der Waals surface area contributed by atoms with E-state index in [4.69, 9.17) is 37.5 Å². The van der Waals surface area contributed by atoms with Crippen LogP contribution < -0.4 is 14.8 Å². The van der Waals surface area contributed by atoms with Crippen LogP contribution in [-0.4, -0.2) is 34.6 Å². The number of ether oxygens (including phenoxy) is 2. The minimum atomic E-state index is -0.754. The summed E-state index contributed by atoms with van der Waals surface area (Å²) in [6.07, 6.45) is -0.424. The molecular weight excluding hydrogens is 467 g/mol. The molecule has 3 aromatic rings. The van der Waals surface area contributed by atoms with Gasteiger partial charge in [-0.1, -0.05) is 40.5 Å². The summed E-state index contributed by atoms with van der Waals surface area (Å²) in [4.78, 5) is 18.3. The number of hydrogen-bond acceptors (Lipinski definition) is 6. The maximum Gasteiger partial charge on any atom is 0.268 e. The molecule has 0 bridgehead atoms. The second kappa shape index (κ2) is 9.72. The van der Waals surface area contributed by atoms with E-state index in [0.717, 1.165) is 11.3 Å². The molecule has 1 amide bonds. The van der Waals surface area contributed by atoms with E-state index in [1.54, 1.807) is 36.9 Å². The number of para-hydroxylation sites is 1. The molecule has 1 N–H and O–H groups in total. The van der Waals surface area contributed by atoms with Crippen LogP contribution in [0.4, 0.5) is 5.69 Å². The lowest BCUT2D eigenvalue weighted by atomic mass is 10.0. The molecule has 8 nitrogen and oxygen atoms in total. The minimum Gasteiger partial charge on any atom is -0.496 e. The van der Waals surface area contributed by atoms with Crippen LogP contribution >= 0.6 is 23.2 Å². The molecule has 0 spiro atoms. The van der Waals surface area contributed by atoms with Crippen molar-refractivity contribution in [2.75, 3.05) is 12.4 Å². The number of aromatic nitrogens is 2. The molecule has 4 rings (SSSR count). The molecule has 1 aromatic heterocycles. The van der Waals surface area contributed by atoms with Crippen LogP contribution in [0.3, 0.4) is 0 Å². The molecule has 2 heterocycles. The molecule has 0 fully saturated rings. The number of oxime groups is 1. The van der Waals surface area contributed by atoms with Gasteiger partial charge in [0.2, 0.25) is 6.10 Å². The van der Waals surface area contributed by atoms with Crippen LogP contribution in [0.5, 0.6) is 11.5 Å². The number of carbonyl (C=O) groups is 1. The van der Waals surface area contributed by atoms with E-state index < -0.39 is 6.10 Å².